The summed E-state index contributed by atoms with van der Waals surface area (Å²) in [6.45, 7) is 0.675. The molecule has 3 rings (SSSR count). The van der Waals surface area contributed by atoms with E-state index in [1.54, 1.807) is 0 Å². The van der Waals surface area contributed by atoms with Crippen molar-refractivity contribution < 1.29 is 35.9 Å². The summed E-state index contributed by atoms with van der Waals surface area (Å²) in [4.78, 5) is 12.9. The SMILES string of the molecule is CN(C(=O)OC1C2CCC1NC2)c1cc(C(F)(F)F)cc(C(F)(F)F)c1. The first kappa shape index (κ1) is 18.8. The van der Waals surface area contributed by atoms with E-state index in [-0.39, 0.29) is 18.0 Å². The molecule has 1 aromatic rings. The van der Waals surface area contributed by atoms with Gasteiger partial charge in [-0.15, -0.1) is 0 Å². The number of benzene rings is 1. The number of alkyl halides is 6. The van der Waals surface area contributed by atoms with Gasteiger partial charge in [-0.2, -0.15) is 26.3 Å². The lowest BCUT2D eigenvalue weighted by molar-refractivity contribution is -0.143. The van der Waals surface area contributed by atoms with Crippen molar-refractivity contribution in [3.8, 4) is 0 Å². The van der Waals surface area contributed by atoms with Crippen LogP contribution in [0.4, 0.5) is 36.8 Å². The third kappa shape index (κ3) is 3.60. The lowest BCUT2D eigenvalue weighted by atomic mass is 10.1. The number of piperidine rings is 1. The average molecular weight is 382 g/mol. The fourth-order valence-corrected chi connectivity index (χ4v) is 3.40. The van der Waals surface area contributed by atoms with Crippen molar-refractivity contribution in [3.05, 3.63) is 29.3 Å². The molecule has 1 heterocycles. The highest BCUT2D eigenvalue weighted by Gasteiger charge is 2.45. The maximum Gasteiger partial charge on any atom is 0.416 e. The number of hydrogen-bond donors (Lipinski definition) is 1. The Labute approximate surface area is 145 Å². The summed E-state index contributed by atoms with van der Waals surface area (Å²) in [5.74, 6) is 0.115. The number of ether oxygens (including phenoxy) is 1. The van der Waals surface area contributed by atoms with Gasteiger partial charge in [0.25, 0.3) is 0 Å². The van der Waals surface area contributed by atoms with Gasteiger partial charge < -0.3 is 10.1 Å². The molecule has 3 atom stereocenters. The van der Waals surface area contributed by atoms with Crippen LogP contribution in [0, 0.1) is 5.92 Å². The number of anilines is 1. The number of fused-ring (bicyclic) bond motifs is 2. The van der Waals surface area contributed by atoms with Crippen LogP contribution in [-0.4, -0.2) is 31.8 Å². The van der Waals surface area contributed by atoms with E-state index in [4.69, 9.17) is 4.74 Å². The Morgan fingerprint density at radius 1 is 1.08 bits per heavy atom. The molecule has 0 radical (unpaired) electrons. The van der Waals surface area contributed by atoms with E-state index in [9.17, 15) is 31.1 Å². The van der Waals surface area contributed by atoms with Crippen LogP contribution in [0.15, 0.2) is 18.2 Å². The third-order valence-corrected chi connectivity index (χ3v) is 4.82. The van der Waals surface area contributed by atoms with Crippen LogP contribution in [0.25, 0.3) is 0 Å². The van der Waals surface area contributed by atoms with E-state index < -0.39 is 41.4 Å². The molecule has 4 nitrogen and oxygen atoms in total. The highest BCUT2D eigenvalue weighted by atomic mass is 19.4. The monoisotopic (exact) mass is 382 g/mol. The zero-order valence-electron chi connectivity index (χ0n) is 13.6. The molecular weight excluding hydrogens is 366 g/mol. The molecule has 0 spiro atoms. The molecule has 144 valence electrons. The van der Waals surface area contributed by atoms with Crippen LogP contribution >= 0.6 is 0 Å². The summed E-state index contributed by atoms with van der Waals surface area (Å²) in [5, 5.41) is 3.15. The summed E-state index contributed by atoms with van der Waals surface area (Å²) in [7, 11) is 1.09. The number of carbonyl (C=O) groups is 1. The van der Waals surface area contributed by atoms with Crippen LogP contribution in [0.1, 0.15) is 24.0 Å². The van der Waals surface area contributed by atoms with Crippen molar-refractivity contribution in [2.45, 2.75) is 37.3 Å². The minimum Gasteiger partial charge on any atom is -0.444 e. The second-order valence-electron chi connectivity index (χ2n) is 6.52. The number of rotatable bonds is 2. The van der Waals surface area contributed by atoms with Gasteiger partial charge in [0.15, 0.2) is 0 Å². The minimum absolute atomic E-state index is 0.0177. The van der Waals surface area contributed by atoms with Crippen LogP contribution in [-0.2, 0) is 17.1 Å². The molecule has 1 aliphatic carbocycles. The fraction of sp³-hybridized carbons (Fsp3) is 0.562. The number of hydrogen-bond acceptors (Lipinski definition) is 3. The molecule has 1 amide bonds. The van der Waals surface area contributed by atoms with E-state index in [0.29, 0.717) is 23.6 Å². The highest BCUT2D eigenvalue weighted by Crippen LogP contribution is 2.39. The lowest BCUT2D eigenvalue weighted by Crippen LogP contribution is -2.36. The standard InChI is InChI=1S/C16H16F6N2O2/c1-24(14(25)26-13-8-2-3-12(13)23-7-8)11-5-9(15(17,18)19)4-10(6-11)16(20,21)22/h4-6,8,12-13,23H,2-3,7H2,1H3. The van der Waals surface area contributed by atoms with Crippen molar-refractivity contribution >= 4 is 11.8 Å². The van der Waals surface area contributed by atoms with Gasteiger partial charge in [-0.1, -0.05) is 0 Å². The van der Waals surface area contributed by atoms with E-state index in [1.165, 1.54) is 0 Å². The van der Waals surface area contributed by atoms with Crippen molar-refractivity contribution in [1.29, 1.82) is 0 Å². The smallest absolute Gasteiger partial charge is 0.416 e. The van der Waals surface area contributed by atoms with Crippen LogP contribution in [0.5, 0.6) is 0 Å². The van der Waals surface area contributed by atoms with Gasteiger partial charge in [0.2, 0.25) is 0 Å². The summed E-state index contributed by atoms with van der Waals surface area (Å²) in [6, 6.07) is 0.990. The van der Waals surface area contributed by atoms with Gasteiger partial charge in [0, 0.05) is 31.2 Å². The highest BCUT2D eigenvalue weighted by molar-refractivity contribution is 5.87. The van der Waals surface area contributed by atoms with Crippen molar-refractivity contribution in [2.75, 3.05) is 18.5 Å². The predicted molar refractivity (Wildman–Crippen MR) is 79.6 cm³/mol. The summed E-state index contributed by atoms with van der Waals surface area (Å²) < 4.78 is 82.9. The summed E-state index contributed by atoms with van der Waals surface area (Å²) >= 11 is 0. The number of nitrogens with zero attached hydrogens (tertiary/aromatic N) is 1. The lowest BCUT2D eigenvalue weighted by Gasteiger charge is -2.23. The predicted octanol–water partition coefficient (Wildman–Crippen LogP) is 4.05. The fourth-order valence-electron chi connectivity index (χ4n) is 3.40. The Morgan fingerprint density at radius 2 is 1.65 bits per heavy atom. The maximum absolute atomic E-state index is 12.9. The molecule has 3 unspecified atom stereocenters. The Kier molecular flexibility index (Phi) is 4.58. The first-order valence-corrected chi connectivity index (χ1v) is 7.94. The van der Waals surface area contributed by atoms with E-state index >= 15 is 0 Å². The maximum atomic E-state index is 12.9. The average Bonchev–Trinajstić information content (AvgIpc) is 3.11. The van der Waals surface area contributed by atoms with Gasteiger partial charge in [0.05, 0.1) is 11.1 Å². The zero-order chi connectivity index (χ0) is 19.3. The van der Waals surface area contributed by atoms with Crippen LogP contribution in [0.2, 0.25) is 0 Å². The molecular formula is C16H16F6N2O2. The molecule has 1 aliphatic heterocycles. The molecule has 2 aliphatic rings. The number of amides is 1. The topological polar surface area (TPSA) is 41.6 Å². The normalized spacial score (nSPS) is 25.4. The minimum atomic E-state index is -4.98. The van der Waals surface area contributed by atoms with E-state index in [0.717, 1.165) is 19.9 Å². The molecule has 1 saturated carbocycles. The number of carbonyl (C=O) groups excluding carboxylic acids is 1. The number of nitrogens with one attached hydrogen (secondary N) is 1. The van der Waals surface area contributed by atoms with Crippen LogP contribution in [0.3, 0.4) is 0 Å². The molecule has 2 fully saturated rings. The second-order valence-corrected chi connectivity index (χ2v) is 6.52. The van der Waals surface area contributed by atoms with Gasteiger partial charge in [-0.05, 0) is 31.0 Å². The molecule has 1 aromatic carbocycles. The first-order valence-electron chi connectivity index (χ1n) is 7.94. The van der Waals surface area contributed by atoms with E-state index in [2.05, 4.69) is 5.32 Å². The molecule has 26 heavy (non-hydrogen) atoms. The zero-order valence-corrected chi connectivity index (χ0v) is 13.6. The Hall–Kier alpha value is -1.97. The van der Waals surface area contributed by atoms with Crippen LogP contribution < -0.4 is 10.2 Å². The summed E-state index contributed by atoms with van der Waals surface area (Å²) in [6.07, 6.45) is -9.68. The Morgan fingerprint density at radius 3 is 2.04 bits per heavy atom. The quantitative estimate of drug-likeness (QED) is 0.785. The van der Waals surface area contributed by atoms with Gasteiger partial charge in [0.1, 0.15) is 6.10 Å². The van der Waals surface area contributed by atoms with Gasteiger partial charge in [-0.3, -0.25) is 4.90 Å². The number of halogens is 6. The third-order valence-electron chi connectivity index (χ3n) is 4.82. The molecule has 10 heteroatoms. The van der Waals surface area contributed by atoms with Crippen molar-refractivity contribution in [1.82, 2.24) is 5.32 Å². The first-order chi connectivity index (χ1) is 12.0. The Balaban J connectivity index is 1.85. The second kappa shape index (κ2) is 6.33. The van der Waals surface area contributed by atoms with E-state index in [1.807, 2.05) is 0 Å². The largest absolute Gasteiger partial charge is 0.444 e. The molecule has 0 aromatic heterocycles. The Bertz CT molecular complexity index is 651. The molecule has 1 N–H and O–H groups in total. The molecule has 2 bridgehead atoms. The summed E-state index contributed by atoms with van der Waals surface area (Å²) in [5.41, 5.74) is -3.50. The van der Waals surface area contributed by atoms with Crippen molar-refractivity contribution in [3.63, 3.8) is 0 Å². The van der Waals surface area contributed by atoms with Crippen molar-refractivity contribution in [2.24, 2.45) is 5.92 Å². The van der Waals surface area contributed by atoms with Gasteiger partial charge >= 0.3 is 18.4 Å². The molecule has 1 saturated heterocycles. The van der Waals surface area contributed by atoms with Gasteiger partial charge in [-0.25, -0.2) is 4.79 Å².